The monoisotopic (exact) mass is 636 g/mol. The zero-order valence-corrected chi connectivity index (χ0v) is 21.7. The Bertz CT molecular complexity index is 1360. The third-order valence-electron chi connectivity index (χ3n) is 4.71. The van der Waals surface area contributed by atoms with Crippen LogP contribution >= 0.6 is 38.5 Å². The van der Waals surface area contributed by atoms with Gasteiger partial charge in [0.05, 0.1) is 16.4 Å². The highest BCUT2D eigenvalue weighted by Gasteiger charge is 2.14. The van der Waals surface area contributed by atoms with E-state index in [1.165, 1.54) is 18.3 Å². The Hall–Kier alpha value is -2.92. The van der Waals surface area contributed by atoms with Crippen molar-refractivity contribution in [1.29, 1.82) is 0 Å². The minimum Gasteiger partial charge on any atom is -0.490 e. The second kappa shape index (κ2) is 11.0. The fourth-order valence-corrected chi connectivity index (χ4v) is 4.31. The van der Waals surface area contributed by atoms with Crippen LogP contribution in [0.5, 0.6) is 11.5 Å². The molecule has 0 saturated heterocycles. The first-order chi connectivity index (χ1) is 16.4. The Kier molecular flexibility index (Phi) is 7.84. The molecule has 6 nitrogen and oxygen atoms in total. The van der Waals surface area contributed by atoms with E-state index in [0.29, 0.717) is 23.7 Å². The predicted octanol–water partition coefficient (Wildman–Crippen LogP) is 6.68. The van der Waals surface area contributed by atoms with Gasteiger partial charge in [0.1, 0.15) is 18.0 Å². The number of benzene rings is 3. The smallest absolute Gasteiger partial charge is 0.307 e. The number of nitrogens with zero attached hydrogens (tertiary/aromatic N) is 1. The molecule has 0 spiro atoms. The molecule has 0 aliphatic heterocycles. The van der Waals surface area contributed by atoms with E-state index in [9.17, 15) is 9.18 Å². The summed E-state index contributed by atoms with van der Waals surface area (Å²) in [5, 5.41) is 4.87. The number of nitrogens with one attached hydrogen (secondary N) is 1. The summed E-state index contributed by atoms with van der Waals surface area (Å²) in [6.45, 7) is 2.60. The third kappa shape index (κ3) is 5.95. The first-order valence-electron chi connectivity index (χ1n) is 10.3. The molecule has 3 aromatic carbocycles. The highest BCUT2D eigenvalue weighted by Crippen LogP contribution is 2.34. The van der Waals surface area contributed by atoms with Crippen LogP contribution in [0, 0.1) is 9.39 Å². The largest absolute Gasteiger partial charge is 0.490 e. The van der Waals surface area contributed by atoms with Crippen molar-refractivity contribution < 1.29 is 23.1 Å². The molecular weight excluding hydrogens is 618 g/mol. The number of halogens is 3. The highest BCUT2D eigenvalue weighted by molar-refractivity contribution is 14.1. The first-order valence-corrected chi connectivity index (χ1v) is 12.2. The second-order valence-electron chi connectivity index (χ2n) is 7.17. The van der Waals surface area contributed by atoms with Crippen LogP contribution in [0.15, 0.2) is 74.7 Å². The fourth-order valence-electron chi connectivity index (χ4n) is 3.15. The van der Waals surface area contributed by atoms with Crippen molar-refractivity contribution in [3.8, 4) is 11.5 Å². The molecule has 0 radical (unpaired) electrons. The molecule has 0 aliphatic carbocycles. The highest BCUT2D eigenvalue weighted by atomic mass is 127. The molecule has 34 heavy (non-hydrogen) atoms. The quantitative estimate of drug-likeness (QED) is 0.133. The fraction of sp³-hybridized carbons (Fsp3) is 0.120. The van der Waals surface area contributed by atoms with E-state index in [1.807, 2.05) is 25.1 Å². The average Bonchev–Trinajstić information content (AvgIpc) is 3.23. The van der Waals surface area contributed by atoms with Crippen LogP contribution in [-0.4, -0.2) is 18.7 Å². The average molecular weight is 637 g/mol. The Balaban J connectivity index is 1.46. The molecule has 0 saturated carbocycles. The first kappa shape index (κ1) is 24.2. The van der Waals surface area contributed by atoms with Gasteiger partial charge in [-0.25, -0.2) is 9.82 Å². The molecule has 174 valence electrons. The number of fused-ring (bicyclic) bond motifs is 1. The lowest BCUT2D eigenvalue weighted by atomic mass is 10.2. The van der Waals surface area contributed by atoms with Crippen LogP contribution in [0.4, 0.5) is 4.39 Å². The molecule has 1 amide bonds. The minimum absolute atomic E-state index is 0.166. The van der Waals surface area contributed by atoms with E-state index in [-0.39, 0.29) is 18.2 Å². The van der Waals surface area contributed by atoms with Crippen molar-refractivity contribution in [2.45, 2.75) is 13.5 Å². The molecule has 0 atom stereocenters. The van der Waals surface area contributed by atoms with Crippen LogP contribution in [0.3, 0.4) is 0 Å². The molecule has 0 aliphatic rings. The van der Waals surface area contributed by atoms with Gasteiger partial charge >= 0.3 is 5.91 Å². The number of amides is 1. The summed E-state index contributed by atoms with van der Waals surface area (Å²) in [4.78, 5) is 12.4. The summed E-state index contributed by atoms with van der Waals surface area (Å²) in [6.07, 6.45) is 1.52. The van der Waals surface area contributed by atoms with E-state index in [4.69, 9.17) is 13.9 Å². The molecule has 9 heteroatoms. The number of furan rings is 1. The summed E-state index contributed by atoms with van der Waals surface area (Å²) in [7, 11) is 0. The van der Waals surface area contributed by atoms with Gasteiger partial charge in [0, 0.05) is 9.86 Å². The molecular formula is C25H19BrFIN2O4. The third-order valence-corrected chi connectivity index (χ3v) is 6.00. The van der Waals surface area contributed by atoms with Gasteiger partial charge in [-0.1, -0.05) is 28.1 Å². The molecule has 0 bridgehead atoms. The van der Waals surface area contributed by atoms with Gasteiger partial charge in [0.2, 0.25) is 0 Å². The Morgan fingerprint density at radius 2 is 1.94 bits per heavy atom. The zero-order valence-electron chi connectivity index (χ0n) is 18.0. The summed E-state index contributed by atoms with van der Waals surface area (Å²) >= 11 is 5.55. The summed E-state index contributed by atoms with van der Waals surface area (Å²) in [5.41, 5.74) is 4.65. The lowest BCUT2D eigenvalue weighted by Gasteiger charge is -2.14. The predicted molar refractivity (Wildman–Crippen MR) is 140 cm³/mol. The SMILES string of the molecule is CCOc1cc(/C=N/NC(=O)c2cc3cc(Br)ccc3o2)cc(I)c1OCc1ccc(F)cc1. The molecule has 1 aromatic heterocycles. The topological polar surface area (TPSA) is 73.1 Å². The van der Waals surface area contributed by atoms with Gasteiger partial charge < -0.3 is 13.9 Å². The van der Waals surface area contributed by atoms with Crippen molar-refractivity contribution >= 4 is 61.6 Å². The standard InChI is InChI=1S/C25H19BrFIN2O4/c1-2-32-22-10-16(9-20(28)24(22)33-14-15-3-6-19(27)7-4-15)13-29-30-25(31)23-12-17-11-18(26)5-8-21(17)34-23/h3-13H,2,14H2,1H3,(H,30,31)/b29-13+. The van der Waals surface area contributed by atoms with Crippen molar-refractivity contribution in [3.63, 3.8) is 0 Å². The van der Waals surface area contributed by atoms with Gasteiger partial charge in [-0.2, -0.15) is 5.10 Å². The normalized spacial score (nSPS) is 11.2. The van der Waals surface area contributed by atoms with Crippen molar-refractivity contribution in [2.75, 3.05) is 6.61 Å². The number of hydrazone groups is 1. The molecule has 0 fully saturated rings. The second-order valence-corrected chi connectivity index (χ2v) is 9.25. The molecule has 4 rings (SSSR count). The van der Waals surface area contributed by atoms with Gasteiger partial charge in [-0.15, -0.1) is 0 Å². The Morgan fingerprint density at radius 3 is 2.71 bits per heavy atom. The maximum absolute atomic E-state index is 13.1. The molecule has 1 heterocycles. The van der Waals surface area contributed by atoms with E-state index in [1.54, 1.807) is 30.3 Å². The minimum atomic E-state index is -0.456. The lowest BCUT2D eigenvalue weighted by Crippen LogP contribution is -2.16. The van der Waals surface area contributed by atoms with Crippen molar-refractivity contribution in [2.24, 2.45) is 5.10 Å². The van der Waals surface area contributed by atoms with Crippen LogP contribution in [-0.2, 0) is 6.61 Å². The zero-order chi connectivity index (χ0) is 24.1. The number of ether oxygens (including phenoxy) is 2. The van der Waals surface area contributed by atoms with E-state index < -0.39 is 5.91 Å². The number of carbonyl (C=O) groups is 1. The van der Waals surface area contributed by atoms with E-state index in [0.717, 1.165) is 24.6 Å². The van der Waals surface area contributed by atoms with Crippen LogP contribution in [0.1, 0.15) is 28.6 Å². The lowest BCUT2D eigenvalue weighted by molar-refractivity contribution is 0.0929. The molecule has 1 N–H and O–H groups in total. The van der Waals surface area contributed by atoms with Gasteiger partial charge in [0.15, 0.2) is 17.3 Å². The summed E-state index contributed by atoms with van der Waals surface area (Å²) in [5.74, 6) is 0.549. The molecule has 0 unspecified atom stereocenters. The number of hydrogen-bond acceptors (Lipinski definition) is 5. The van der Waals surface area contributed by atoms with Crippen molar-refractivity contribution in [1.82, 2.24) is 5.43 Å². The summed E-state index contributed by atoms with van der Waals surface area (Å²) < 4.78 is 32.1. The van der Waals surface area contributed by atoms with Crippen molar-refractivity contribution in [3.05, 3.63) is 91.4 Å². The number of rotatable bonds is 8. The number of hydrogen-bond donors (Lipinski definition) is 1. The van der Waals surface area contributed by atoms with E-state index in [2.05, 4.69) is 49.0 Å². The van der Waals surface area contributed by atoms with Gasteiger partial charge in [-0.05, 0) is 89.2 Å². The Labute approximate surface area is 217 Å². The molecule has 4 aromatic rings. The van der Waals surface area contributed by atoms with Crippen LogP contribution in [0.25, 0.3) is 11.0 Å². The summed E-state index contributed by atoms with van der Waals surface area (Å²) in [6, 6.07) is 16.9. The maximum Gasteiger partial charge on any atom is 0.307 e. The van der Waals surface area contributed by atoms with Crippen LogP contribution < -0.4 is 14.9 Å². The van der Waals surface area contributed by atoms with Gasteiger partial charge in [0.25, 0.3) is 0 Å². The number of carbonyl (C=O) groups excluding carboxylic acids is 1. The van der Waals surface area contributed by atoms with Gasteiger partial charge in [-0.3, -0.25) is 4.79 Å². The maximum atomic E-state index is 13.1. The van der Waals surface area contributed by atoms with Crippen LogP contribution in [0.2, 0.25) is 0 Å². The Morgan fingerprint density at radius 1 is 1.15 bits per heavy atom. The van der Waals surface area contributed by atoms with E-state index >= 15 is 0 Å².